The predicted octanol–water partition coefficient (Wildman–Crippen LogP) is 2.21. The quantitative estimate of drug-likeness (QED) is 0.821. The van der Waals surface area contributed by atoms with E-state index in [1.165, 1.54) is 16.7 Å². The maximum absolute atomic E-state index is 10.8. The Labute approximate surface area is 104 Å². The van der Waals surface area contributed by atoms with Crippen molar-refractivity contribution < 1.29 is 5.11 Å². The monoisotopic (exact) mass is 233 g/mol. The highest BCUT2D eigenvalue weighted by molar-refractivity contribution is 5.31. The number of aliphatic hydroxyl groups is 1. The van der Waals surface area contributed by atoms with Crippen LogP contribution < -0.4 is 5.32 Å². The highest BCUT2D eigenvalue weighted by Gasteiger charge is 2.36. The highest BCUT2D eigenvalue weighted by Crippen LogP contribution is 2.29. The van der Waals surface area contributed by atoms with E-state index >= 15 is 0 Å². The molecule has 2 heteroatoms. The number of hydrogen-bond donors (Lipinski definition) is 2. The first kappa shape index (κ1) is 12.6. The Morgan fingerprint density at radius 3 is 2.88 bits per heavy atom. The zero-order chi connectivity index (χ0) is 12.5. The Morgan fingerprint density at radius 2 is 2.18 bits per heavy atom. The van der Waals surface area contributed by atoms with Crippen molar-refractivity contribution in [3.63, 3.8) is 0 Å². The molecule has 1 fully saturated rings. The van der Waals surface area contributed by atoms with E-state index in [-0.39, 0.29) is 0 Å². The number of rotatable bonds is 2. The largest absolute Gasteiger partial charge is 0.389 e. The van der Waals surface area contributed by atoms with E-state index < -0.39 is 5.60 Å². The van der Waals surface area contributed by atoms with Crippen molar-refractivity contribution in [1.82, 2.24) is 5.32 Å². The molecule has 0 bridgehead atoms. The minimum Gasteiger partial charge on any atom is -0.389 e. The average Bonchev–Trinajstić information content (AvgIpc) is 2.28. The normalized spacial score (nSPS) is 29.3. The van der Waals surface area contributed by atoms with Crippen molar-refractivity contribution in [1.29, 1.82) is 0 Å². The number of hydrogen-bond acceptors (Lipinski definition) is 2. The maximum Gasteiger partial charge on any atom is 0.0737 e. The van der Waals surface area contributed by atoms with Gasteiger partial charge in [-0.1, -0.05) is 30.7 Å². The zero-order valence-electron chi connectivity index (χ0n) is 11.1. The molecule has 2 N–H and O–H groups in total. The molecule has 0 aliphatic carbocycles. The van der Waals surface area contributed by atoms with E-state index in [0.29, 0.717) is 5.92 Å². The minimum atomic E-state index is -0.538. The fraction of sp³-hybridized carbons (Fsp3) is 0.600. The van der Waals surface area contributed by atoms with E-state index in [4.69, 9.17) is 0 Å². The Bertz CT molecular complexity index is 402. The van der Waals surface area contributed by atoms with Gasteiger partial charge in [0.2, 0.25) is 0 Å². The lowest BCUT2D eigenvalue weighted by molar-refractivity contribution is -0.0330. The molecule has 1 heterocycles. The summed E-state index contributed by atoms with van der Waals surface area (Å²) in [4.78, 5) is 0. The van der Waals surface area contributed by atoms with Gasteiger partial charge in [0.1, 0.15) is 0 Å². The third-order valence-corrected chi connectivity index (χ3v) is 4.10. The molecule has 2 unspecified atom stereocenters. The van der Waals surface area contributed by atoms with Gasteiger partial charge in [-0.3, -0.25) is 0 Å². The van der Waals surface area contributed by atoms with Crippen LogP contribution in [0.15, 0.2) is 18.2 Å². The van der Waals surface area contributed by atoms with Crippen LogP contribution in [0.4, 0.5) is 0 Å². The average molecular weight is 233 g/mol. The summed E-state index contributed by atoms with van der Waals surface area (Å²) in [6.07, 6.45) is 1.63. The van der Waals surface area contributed by atoms with Crippen LogP contribution in [0.2, 0.25) is 0 Å². The summed E-state index contributed by atoms with van der Waals surface area (Å²) in [5.74, 6) is 0.316. The lowest BCUT2D eigenvalue weighted by Crippen LogP contribution is -2.50. The first-order valence-corrected chi connectivity index (χ1v) is 6.50. The molecule has 1 saturated heterocycles. The molecule has 0 amide bonds. The second-order valence-electron chi connectivity index (χ2n) is 5.57. The molecule has 1 aliphatic rings. The minimum absolute atomic E-state index is 0.316. The van der Waals surface area contributed by atoms with Crippen LogP contribution in [0, 0.1) is 19.8 Å². The molecule has 1 aromatic rings. The molecule has 1 aromatic carbocycles. The van der Waals surface area contributed by atoms with Gasteiger partial charge in [0, 0.05) is 13.0 Å². The Balaban J connectivity index is 2.21. The molecule has 2 atom stereocenters. The van der Waals surface area contributed by atoms with Gasteiger partial charge in [0.15, 0.2) is 0 Å². The van der Waals surface area contributed by atoms with Gasteiger partial charge < -0.3 is 10.4 Å². The van der Waals surface area contributed by atoms with Gasteiger partial charge in [0.05, 0.1) is 5.60 Å². The van der Waals surface area contributed by atoms with E-state index in [1.54, 1.807) is 0 Å². The van der Waals surface area contributed by atoms with Gasteiger partial charge in [-0.05, 0) is 43.9 Å². The number of nitrogens with one attached hydrogen (secondary N) is 1. The SMILES string of the molecule is Cc1ccc(C)c(CC2(O)CCNCC2C)c1. The number of aryl methyl sites for hydroxylation is 2. The molecule has 0 aromatic heterocycles. The first-order chi connectivity index (χ1) is 8.01. The fourth-order valence-corrected chi connectivity index (χ4v) is 2.64. The number of benzene rings is 1. The van der Waals surface area contributed by atoms with Crippen molar-refractivity contribution in [3.8, 4) is 0 Å². The molecular weight excluding hydrogens is 210 g/mol. The van der Waals surface area contributed by atoms with Crippen molar-refractivity contribution in [2.75, 3.05) is 13.1 Å². The Morgan fingerprint density at radius 1 is 1.41 bits per heavy atom. The third-order valence-electron chi connectivity index (χ3n) is 4.10. The van der Waals surface area contributed by atoms with Gasteiger partial charge >= 0.3 is 0 Å². The summed E-state index contributed by atoms with van der Waals surface area (Å²) in [7, 11) is 0. The first-order valence-electron chi connectivity index (χ1n) is 6.50. The highest BCUT2D eigenvalue weighted by atomic mass is 16.3. The molecule has 0 saturated carbocycles. The van der Waals surface area contributed by atoms with Crippen LogP contribution in [-0.4, -0.2) is 23.8 Å². The van der Waals surface area contributed by atoms with Gasteiger partial charge in [0.25, 0.3) is 0 Å². The third kappa shape index (κ3) is 2.70. The summed E-state index contributed by atoms with van der Waals surface area (Å²) in [6, 6.07) is 6.50. The zero-order valence-corrected chi connectivity index (χ0v) is 11.1. The van der Waals surface area contributed by atoms with Crippen LogP contribution in [0.1, 0.15) is 30.0 Å². The van der Waals surface area contributed by atoms with Crippen LogP contribution in [0.5, 0.6) is 0 Å². The molecule has 2 nitrogen and oxygen atoms in total. The predicted molar refractivity (Wildman–Crippen MR) is 71.2 cm³/mol. The fourth-order valence-electron chi connectivity index (χ4n) is 2.64. The van der Waals surface area contributed by atoms with Crippen LogP contribution in [0.25, 0.3) is 0 Å². The summed E-state index contributed by atoms with van der Waals surface area (Å²) in [5.41, 5.74) is 3.32. The van der Waals surface area contributed by atoms with E-state index in [1.807, 2.05) is 0 Å². The van der Waals surface area contributed by atoms with Crippen molar-refractivity contribution in [2.24, 2.45) is 5.92 Å². The summed E-state index contributed by atoms with van der Waals surface area (Å²) in [6.45, 7) is 8.22. The smallest absolute Gasteiger partial charge is 0.0737 e. The summed E-state index contributed by atoms with van der Waals surface area (Å²) < 4.78 is 0. The van der Waals surface area contributed by atoms with Gasteiger partial charge in [-0.25, -0.2) is 0 Å². The number of piperidine rings is 1. The topological polar surface area (TPSA) is 32.3 Å². The van der Waals surface area contributed by atoms with Crippen molar-refractivity contribution in [2.45, 2.75) is 39.2 Å². The van der Waals surface area contributed by atoms with Crippen molar-refractivity contribution in [3.05, 3.63) is 34.9 Å². The molecule has 94 valence electrons. The van der Waals surface area contributed by atoms with E-state index in [2.05, 4.69) is 44.3 Å². The van der Waals surface area contributed by atoms with Crippen LogP contribution in [0.3, 0.4) is 0 Å². The van der Waals surface area contributed by atoms with Crippen LogP contribution >= 0.6 is 0 Å². The second-order valence-corrected chi connectivity index (χ2v) is 5.57. The van der Waals surface area contributed by atoms with Gasteiger partial charge in [-0.2, -0.15) is 0 Å². The molecule has 2 rings (SSSR count). The summed E-state index contributed by atoms with van der Waals surface area (Å²) >= 11 is 0. The lowest BCUT2D eigenvalue weighted by Gasteiger charge is -2.39. The molecular formula is C15H23NO. The summed E-state index contributed by atoms with van der Waals surface area (Å²) in [5, 5.41) is 14.1. The molecule has 0 spiro atoms. The second kappa shape index (κ2) is 4.79. The Kier molecular flexibility index (Phi) is 3.55. The van der Waals surface area contributed by atoms with Crippen LogP contribution in [-0.2, 0) is 6.42 Å². The standard InChI is InChI=1S/C15H23NO/c1-11-4-5-12(2)14(8-11)9-15(17)6-7-16-10-13(15)3/h4-5,8,13,16-17H,6-7,9-10H2,1-3H3. The lowest BCUT2D eigenvalue weighted by atomic mass is 9.77. The van der Waals surface area contributed by atoms with E-state index in [9.17, 15) is 5.11 Å². The molecule has 17 heavy (non-hydrogen) atoms. The van der Waals surface area contributed by atoms with Crippen molar-refractivity contribution >= 4 is 0 Å². The molecule has 1 aliphatic heterocycles. The maximum atomic E-state index is 10.8. The Hall–Kier alpha value is -0.860. The van der Waals surface area contributed by atoms with Gasteiger partial charge in [-0.15, -0.1) is 0 Å². The molecule has 0 radical (unpaired) electrons. The van der Waals surface area contributed by atoms with E-state index in [0.717, 1.165) is 25.9 Å².